The topological polar surface area (TPSA) is 30.5 Å². The molecule has 1 fully saturated rings. The van der Waals surface area contributed by atoms with Crippen molar-refractivity contribution < 1.29 is 9.47 Å². The zero-order valence-corrected chi connectivity index (χ0v) is 14.6. The minimum absolute atomic E-state index is 0.323. The van der Waals surface area contributed by atoms with Crippen molar-refractivity contribution in [3.05, 3.63) is 28.2 Å². The van der Waals surface area contributed by atoms with Crippen LogP contribution in [0.2, 0.25) is 0 Å². The van der Waals surface area contributed by atoms with Gasteiger partial charge in [0.25, 0.3) is 0 Å². The van der Waals surface area contributed by atoms with Crippen molar-refractivity contribution in [1.29, 1.82) is 0 Å². The molecule has 0 aromatic heterocycles. The molecule has 1 aliphatic rings. The van der Waals surface area contributed by atoms with Crippen LogP contribution in [0.5, 0.6) is 5.75 Å². The predicted molar refractivity (Wildman–Crippen MR) is 90.1 cm³/mol. The highest BCUT2D eigenvalue weighted by Crippen LogP contribution is 2.26. The highest BCUT2D eigenvalue weighted by molar-refractivity contribution is 9.10. The molecular formula is C17H26BrNO2. The van der Waals surface area contributed by atoms with E-state index < -0.39 is 0 Å². The second kappa shape index (κ2) is 8.76. The summed E-state index contributed by atoms with van der Waals surface area (Å²) in [4.78, 5) is 0. The van der Waals surface area contributed by atoms with E-state index in [0.29, 0.717) is 12.1 Å². The molecule has 2 unspecified atom stereocenters. The number of hydrogen-bond acceptors (Lipinski definition) is 3. The zero-order valence-electron chi connectivity index (χ0n) is 13.0. The van der Waals surface area contributed by atoms with E-state index in [4.69, 9.17) is 9.47 Å². The Morgan fingerprint density at radius 3 is 2.95 bits per heavy atom. The molecule has 21 heavy (non-hydrogen) atoms. The second-order valence-corrected chi connectivity index (χ2v) is 6.48. The molecule has 0 saturated carbocycles. The Hall–Kier alpha value is -0.580. The van der Waals surface area contributed by atoms with E-state index in [2.05, 4.69) is 40.3 Å². The summed E-state index contributed by atoms with van der Waals surface area (Å²) in [6.07, 6.45) is 6.05. The van der Waals surface area contributed by atoms with Crippen LogP contribution in [0.1, 0.15) is 38.2 Å². The Bertz CT molecular complexity index is 433. The lowest BCUT2D eigenvalue weighted by molar-refractivity contribution is -0.00741. The standard InChI is InChI=1S/C17H26BrNO2/c1-3-9-19-16(17-6-4-5-10-21-17)12-13-11-14(20-2)7-8-15(13)18/h7-8,11,16-17,19H,3-6,9-10,12H2,1-2H3. The lowest BCUT2D eigenvalue weighted by Crippen LogP contribution is -2.44. The fourth-order valence-corrected chi connectivity index (χ4v) is 3.23. The summed E-state index contributed by atoms with van der Waals surface area (Å²) in [5.74, 6) is 0.909. The molecule has 1 heterocycles. The molecule has 0 radical (unpaired) electrons. The quantitative estimate of drug-likeness (QED) is 0.803. The average Bonchev–Trinajstić information content (AvgIpc) is 2.54. The normalized spacial score (nSPS) is 20.2. The first-order chi connectivity index (χ1) is 10.2. The first-order valence-electron chi connectivity index (χ1n) is 7.92. The number of ether oxygens (including phenoxy) is 2. The van der Waals surface area contributed by atoms with E-state index in [1.807, 2.05) is 6.07 Å². The first-order valence-corrected chi connectivity index (χ1v) is 8.71. The van der Waals surface area contributed by atoms with E-state index in [1.165, 1.54) is 18.4 Å². The summed E-state index contributed by atoms with van der Waals surface area (Å²) in [5.41, 5.74) is 1.28. The van der Waals surface area contributed by atoms with Crippen molar-refractivity contribution in [2.24, 2.45) is 0 Å². The molecule has 2 rings (SSSR count). The molecule has 1 saturated heterocycles. The summed E-state index contributed by atoms with van der Waals surface area (Å²) in [6.45, 7) is 4.13. The van der Waals surface area contributed by atoms with Gasteiger partial charge in [-0.05, 0) is 62.4 Å². The minimum Gasteiger partial charge on any atom is -0.497 e. The Labute approximate surface area is 136 Å². The van der Waals surface area contributed by atoms with Crippen molar-refractivity contribution in [2.75, 3.05) is 20.3 Å². The summed E-state index contributed by atoms with van der Waals surface area (Å²) in [7, 11) is 1.71. The van der Waals surface area contributed by atoms with E-state index in [-0.39, 0.29) is 0 Å². The zero-order chi connectivity index (χ0) is 15.1. The molecule has 1 aromatic rings. The van der Waals surface area contributed by atoms with Gasteiger partial charge >= 0.3 is 0 Å². The SMILES string of the molecule is CCCNC(Cc1cc(OC)ccc1Br)C1CCCCO1. The molecule has 1 N–H and O–H groups in total. The predicted octanol–water partition coefficient (Wildman–Crippen LogP) is 3.94. The molecule has 0 spiro atoms. The third kappa shape index (κ3) is 4.97. The molecule has 0 aliphatic carbocycles. The van der Waals surface area contributed by atoms with Crippen LogP contribution in [0, 0.1) is 0 Å². The second-order valence-electron chi connectivity index (χ2n) is 5.63. The van der Waals surface area contributed by atoms with Gasteiger partial charge in [0.1, 0.15) is 5.75 Å². The Kier molecular flexibility index (Phi) is 7.00. The van der Waals surface area contributed by atoms with Crippen LogP contribution in [-0.2, 0) is 11.2 Å². The summed E-state index contributed by atoms with van der Waals surface area (Å²) >= 11 is 3.66. The van der Waals surface area contributed by atoms with Crippen LogP contribution in [0.25, 0.3) is 0 Å². The van der Waals surface area contributed by atoms with Crippen LogP contribution in [0.4, 0.5) is 0 Å². The summed E-state index contributed by atoms with van der Waals surface area (Å²) in [5, 5.41) is 3.67. The molecule has 1 aliphatic heterocycles. The number of hydrogen-bond donors (Lipinski definition) is 1. The third-order valence-electron chi connectivity index (χ3n) is 4.01. The maximum absolute atomic E-state index is 6.00. The van der Waals surface area contributed by atoms with Crippen molar-refractivity contribution >= 4 is 15.9 Å². The van der Waals surface area contributed by atoms with Crippen LogP contribution < -0.4 is 10.1 Å². The average molecular weight is 356 g/mol. The largest absolute Gasteiger partial charge is 0.497 e. The van der Waals surface area contributed by atoms with Crippen LogP contribution in [0.3, 0.4) is 0 Å². The number of benzene rings is 1. The fraction of sp³-hybridized carbons (Fsp3) is 0.647. The molecule has 1 aromatic carbocycles. The molecule has 4 heteroatoms. The van der Waals surface area contributed by atoms with E-state index >= 15 is 0 Å². The fourth-order valence-electron chi connectivity index (χ4n) is 2.82. The molecule has 0 bridgehead atoms. The van der Waals surface area contributed by atoms with Crippen molar-refractivity contribution in [1.82, 2.24) is 5.32 Å². The Morgan fingerprint density at radius 1 is 1.43 bits per heavy atom. The Balaban J connectivity index is 2.09. The maximum Gasteiger partial charge on any atom is 0.119 e. The third-order valence-corrected chi connectivity index (χ3v) is 4.79. The molecule has 0 amide bonds. The minimum atomic E-state index is 0.323. The van der Waals surface area contributed by atoms with Crippen molar-refractivity contribution in [2.45, 2.75) is 51.2 Å². The number of methoxy groups -OCH3 is 1. The highest BCUT2D eigenvalue weighted by atomic mass is 79.9. The maximum atomic E-state index is 6.00. The van der Waals surface area contributed by atoms with E-state index in [1.54, 1.807) is 7.11 Å². The van der Waals surface area contributed by atoms with E-state index in [0.717, 1.165) is 42.6 Å². The number of halogens is 1. The molecule has 3 nitrogen and oxygen atoms in total. The molecular weight excluding hydrogens is 330 g/mol. The van der Waals surface area contributed by atoms with Crippen LogP contribution in [-0.4, -0.2) is 32.4 Å². The van der Waals surface area contributed by atoms with Gasteiger partial charge in [-0.3, -0.25) is 0 Å². The summed E-state index contributed by atoms with van der Waals surface area (Å²) < 4.78 is 12.5. The van der Waals surface area contributed by atoms with Gasteiger partial charge in [-0.25, -0.2) is 0 Å². The molecule has 118 valence electrons. The lowest BCUT2D eigenvalue weighted by Gasteiger charge is -2.31. The highest BCUT2D eigenvalue weighted by Gasteiger charge is 2.25. The van der Waals surface area contributed by atoms with Gasteiger partial charge in [0.05, 0.1) is 13.2 Å². The smallest absolute Gasteiger partial charge is 0.119 e. The van der Waals surface area contributed by atoms with Gasteiger partial charge in [0.15, 0.2) is 0 Å². The lowest BCUT2D eigenvalue weighted by atomic mass is 9.95. The Morgan fingerprint density at radius 2 is 2.29 bits per heavy atom. The number of rotatable bonds is 7. The van der Waals surface area contributed by atoms with Gasteiger partial charge in [-0.1, -0.05) is 22.9 Å². The van der Waals surface area contributed by atoms with Crippen LogP contribution in [0.15, 0.2) is 22.7 Å². The van der Waals surface area contributed by atoms with Crippen LogP contribution >= 0.6 is 15.9 Å². The monoisotopic (exact) mass is 355 g/mol. The summed E-state index contributed by atoms with van der Waals surface area (Å²) in [6, 6.07) is 6.54. The van der Waals surface area contributed by atoms with Crippen molar-refractivity contribution in [3.8, 4) is 5.75 Å². The number of nitrogens with one attached hydrogen (secondary N) is 1. The first kappa shape index (κ1) is 16.8. The van der Waals surface area contributed by atoms with Gasteiger partial charge < -0.3 is 14.8 Å². The molecule has 2 atom stereocenters. The van der Waals surface area contributed by atoms with Gasteiger partial charge in [-0.2, -0.15) is 0 Å². The van der Waals surface area contributed by atoms with Gasteiger partial charge in [0.2, 0.25) is 0 Å². The van der Waals surface area contributed by atoms with Gasteiger partial charge in [-0.15, -0.1) is 0 Å². The van der Waals surface area contributed by atoms with Gasteiger partial charge in [0, 0.05) is 17.1 Å². The van der Waals surface area contributed by atoms with Crippen molar-refractivity contribution in [3.63, 3.8) is 0 Å². The van der Waals surface area contributed by atoms with E-state index in [9.17, 15) is 0 Å².